The Kier molecular flexibility index (Phi) is 6.98. The zero-order valence-electron chi connectivity index (χ0n) is 16.1. The van der Waals surface area contributed by atoms with Crippen LogP contribution in [0.5, 0.6) is 0 Å². The maximum atomic E-state index is 12.8. The Labute approximate surface area is 170 Å². The lowest BCUT2D eigenvalue weighted by atomic mass is 9.87. The first-order valence-electron chi connectivity index (χ1n) is 9.45. The molecule has 0 bridgehead atoms. The van der Waals surface area contributed by atoms with Crippen LogP contribution in [0, 0.1) is 11.8 Å². The van der Waals surface area contributed by atoms with Crippen LogP contribution < -0.4 is 0 Å². The molecule has 2 aromatic carbocycles. The highest BCUT2D eigenvalue weighted by Crippen LogP contribution is 2.36. The van der Waals surface area contributed by atoms with Gasteiger partial charge in [0.15, 0.2) is 0 Å². The fourth-order valence-corrected chi connectivity index (χ4v) is 3.38. The molecule has 1 fully saturated rings. The van der Waals surface area contributed by atoms with Gasteiger partial charge >= 0.3 is 11.9 Å². The maximum absolute atomic E-state index is 12.8. The van der Waals surface area contributed by atoms with Crippen LogP contribution in [-0.4, -0.2) is 24.1 Å². The molecule has 0 saturated carbocycles. The number of carbonyl (C=O) groups excluding carboxylic acids is 2. The average molecular weight is 392 g/mol. The van der Waals surface area contributed by atoms with E-state index in [1.165, 1.54) is 12.2 Å². The smallest absolute Gasteiger partial charge is 0.313 e. The second-order valence-electron chi connectivity index (χ2n) is 6.77. The van der Waals surface area contributed by atoms with Gasteiger partial charge in [0.05, 0.1) is 12.2 Å². The van der Waals surface area contributed by atoms with Crippen molar-refractivity contribution in [3.8, 4) is 0 Å². The van der Waals surface area contributed by atoms with Crippen LogP contribution in [0.4, 0.5) is 0 Å². The maximum Gasteiger partial charge on any atom is 0.313 e. The summed E-state index contributed by atoms with van der Waals surface area (Å²) in [5, 5.41) is 0. The van der Waals surface area contributed by atoms with E-state index in [0.29, 0.717) is 0 Å². The lowest BCUT2D eigenvalue weighted by Crippen LogP contribution is -2.36. The van der Waals surface area contributed by atoms with Gasteiger partial charge in [0, 0.05) is 0 Å². The van der Waals surface area contributed by atoms with Crippen LogP contribution in [0.3, 0.4) is 0 Å². The molecule has 0 spiro atoms. The van der Waals surface area contributed by atoms with Crippen LogP contribution in [0.2, 0.25) is 0 Å². The van der Waals surface area contributed by atoms with Gasteiger partial charge in [-0.1, -0.05) is 72.8 Å². The molecule has 2 unspecified atom stereocenters. The Bertz CT molecular complexity index is 775. The molecule has 3 rings (SSSR count). The predicted octanol–water partition coefficient (Wildman–Crippen LogP) is 3.85. The van der Waals surface area contributed by atoms with Gasteiger partial charge in [-0.2, -0.15) is 0 Å². The first-order chi connectivity index (χ1) is 14.1. The molecular weight excluding hydrogens is 368 g/mol. The monoisotopic (exact) mass is 392 g/mol. The number of benzene rings is 2. The number of carbonyl (C=O) groups is 2. The highest BCUT2D eigenvalue weighted by molar-refractivity contribution is 5.84. The van der Waals surface area contributed by atoms with Crippen molar-refractivity contribution in [1.82, 2.24) is 0 Å². The summed E-state index contributed by atoms with van der Waals surface area (Å²) in [4.78, 5) is 25.7. The zero-order valence-corrected chi connectivity index (χ0v) is 16.1. The van der Waals surface area contributed by atoms with Gasteiger partial charge in [-0.3, -0.25) is 9.59 Å². The zero-order chi connectivity index (χ0) is 20.6. The molecule has 1 heterocycles. The molecule has 0 aromatic heterocycles. The molecule has 29 heavy (non-hydrogen) atoms. The molecule has 1 aliphatic rings. The van der Waals surface area contributed by atoms with Gasteiger partial charge in [-0.15, -0.1) is 13.2 Å². The highest BCUT2D eigenvalue weighted by atomic mass is 16.6. The lowest BCUT2D eigenvalue weighted by molar-refractivity contribution is -0.161. The number of esters is 2. The van der Waals surface area contributed by atoms with Gasteiger partial charge in [0.25, 0.3) is 0 Å². The highest BCUT2D eigenvalue weighted by Gasteiger charge is 2.51. The molecule has 0 N–H and O–H groups in total. The van der Waals surface area contributed by atoms with Gasteiger partial charge in [0.2, 0.25) is 0 Å². The van der Waals surface area contributed by atoms with E-state index in [1.54, 1.807) is 0 Å². The van der Waals surface area contributed by atoms with Crippen molar-refractivity contribution >= 4 is 11.9 Å². The standard InChI is InChI=1S/C24H24O5/c1-3-19-21(23(25)27-15-17-11-7-5-8-12-17)22(20(4-2)29-19)24(26)28-16-18-13-9-6-10-14-18/h3-14,19-22H,1-2,15-16H2/t19-,20+,21?,22?. The molecule has 150 valence electrons. The largest absolute Gasteiger partial charge is 0.460 e. The minimum atomic E-state index is -0.845. The molecule has 5 nitrogen and oxygen atoms in total. The van der Waals surface area contributed by atoms with Crippen molar-refractivity contribution in [3.05, 3.63) is 97.1 Å². The van der Waals surface area contributed by atoms with Crippen molar-refractivity contribution in [2.45, 2.75) is 25.4 Å². The average Bonchev–Trinajstić information content (AvgIpc) is 3.16. The summed E-state index contributed by atoms with van der Waals surface area (Å²) in [5.74, 6) is -2.74. The third-order valence-corrected chi connectivity index (χ3v) is 4.87. The first kappa shape index (κ1) is 20.6. The fraction of sp³-hybridized carbons (Fsp3) is 0.250. The van der Waals surface area contributed by atoms with E-state index >= 15 is 0 Å². The molecule has 2 aromatic rings. The normalized spacial score (nSPS) is 23.2. The van der Waals surface area contributed by atoms with Gasteiger partial charge < -0.3 is 14.2 Å². The van der Waals surface area contributed by atoms with Crippen molar-refractivity contribution < 1.29 is 23.8 Å². The quantitative estimate of drug-likeness (QED) is 0.504. The van der Waals surface area contributed by atoms with Crippen LogP contribution in [0.25, 0.3) is 0 Å². The van der Waals surface area contributed by atoms with E-state index in [2.05, 4.69) is 13.2 Å². The SMILES string of the molecule is C=C[C@@H]1O[C@H](C=C)C(C(=O)OCc2ccccc2)C1C(=O)OCc1ccccc1. The summed E-state index contributed by atoms with van der Waals surface area (Å²) in [6.07, 6.45) is 1.70. The molecule has 0 aliphatic carbocycles. The summed E-state index contributed by atoms with van der Waals surface area (Å²) in [6, 6.07) is 18.7. The van der Waals surface area contributed by atoms with E-state index in [4.69, 9.17) is 14.2 Å². The Morgan fingerprint density at radius 3 is 1.48 bits per heavy atom. The van der Waals surface area contributed by atoms with E-state index in [1.807, 2.05) is 60.7 Å². The third kappa shape index (κ3) is 5.00. The summed E-state index contributed by atoms with van der Waals surface area (Å²) >= 11 is 0. The molecule has 1 aliphatic heterocycles. The molecule has 0 radical (unpaired) electrons. The van der Waals surface area contributed by atoms with E-state index in [0.717, 1.165) is 11.1 Å². The Morgan fingerprint density at radius 2 is 1.14 bits per heavy atom. The van der Waals surface area contributed by atoms with Crippen LogP contribution in [0.15, 0.2) is 86.0 Å². The van der Waals surface area contributed by atoms with Gasteiger partial charge in [-0.05, 0) is 11.1 Å². The van der Waals surface area contributed by atoms with Crippen molar-refractivity contribution in [3.63, 3.8) is 0 Å². The molecular formula is C24H24O5. The number of rotatable bonds is 8. The fourth-order valence-electron chi connectivity index (χ4n) is 3.38. The molecule has 0 amide bonds. The molecule has 5 heteroatoms. The van der Waals surface area contributed by atoms with E-state index < -0.39 is 36.0 Å². The van der Waals surface area contributed by atoms with Crippen molar-refractivity contribution in [1.29, 1.82) is 0 Å². The van der Waals surface area contributed by atoms with Crippen LogP contribution in [0.1, 0.15) is 11.1 Å². The summed E-state index contributed by atoms with van der Waals surface area (Å²) < 4.78 is 16.7. The molecule has 1 saturated heterocycles. The summed E-state index contributed by atoms with van der Waals surface area (Å²) in [7, 11) is 0. The number of ether oxygens (including phenoxy) is 3. The summed E-state index contributed by atoms with van der Waals surface area (Å²) in [5.41, 5.74) is 1.72. The van der Waals surface area contributed by atoms with Gasteiger partial charge in [0.1, 0.15) is 25.0 Å². The van der Waals surface area contributed by atoms with Gasteiger partial charge in [-0.25, -0.2) is 0 Å². The summed E-state index contributed by atoms with van der Waals surface area (Å²) in [6.45, 7) is 7.69. The second-order valence-corrected chi connectivity index (χ2v) is 6.77. The first-order valence-corrected chi connectivity index (χ1v) is 9.45. The topological polar surface area (TPSA) is 61.8 Å². The van der Waals surface area contributed by atoms with Crippen LogP contribution in [-0.2, 0) is 37.0 Å². The van der Waals surface area contributed by atoms with Crippen molar-refractivity contribution in [2.75, 3.05) is 0 Å². The van der Waals surface area contributed by atoms with Crippen molar-refractivity contribution in [2.24, 2.45) is 11.8 Å². The predicted molar refractivity (Wildman–Crippen MR) is 109 cm³/mol. The number of hydrogen-bond donors (Lipinski definition) is 0. The Morgan fingerprint density at radius 1 is 0.759 bits per heavy atom. The minimum Gasteiger partial charge on any atom is -0.460 e. The van der Waals surface area contributed by atoms with E-state index in [9.17, 15) is 9.59 Å². The van der Waals surface area contributed by atoms with Crippen LogP contribution >= 0.6 is 0 Å². The van der Waals surface area contributed by atoms with E-state index in [-0.39, 0.29) is 13.2 Å². The Balaban J connectivity index is 1.72. The second kappa shape index (κ2) is 9.85. The molecule has 4 atom stereocenters. The minimum absolute atomic E-state index is 0.116. The number of hydrogen-bond acceptors (Lipinski definition) is 5. The Hall–Kier alpha value is -3.18. The third-order valence-electron chi connectivity index (χ3n) is 4.87. The lowest BCUT2D eigenvalue weighted by Gasteiger charge is -2.20.